The number of carbonyl (C=O) groups is 1. The minimum absolute atomic E-state index is 0.0776. The molecule has 0 saturated carbocycles. The molecule has 6 aromatic carbocycles. The lowest BCUT2D eigenvalue weighted by atomic mass is 9.97. The summed E-state index contributed by atoms with van der Waals surface area (Å²) in [5.74, 6) is -2.23. The summed E-state index contributed by atoms with van der Waals surface area (Å²) in [5.41, 5.74) is 5.81. The molecule has 70 heavy (non-hydrogen) atoms. The Morgan fingerprint density at radius 3 is 1.11 bits per heavy atom. The molecule has 0 aliphatic carbocycles. The van der Waals surface area contributed by atoms with Crippen molar-refractivity contribution in [1.82, 2.24) is 9.97 Å². The van der Waals surface area contributed by atoms with Crippen molar-refractivity contribution in [3.8, 4) is 79.0 Å². The number of hydrogen-bond acceptors (Lipinski definition) is 11. The van der Waals surface area contributed by atoms with Crippen LogP contribution in [0.4, 0.5) is 39.9 Å². The third-order valence-electron chi connectivity index (χ3n) is 10.7. The molecule has 0 aliphatic rings. The molecule has 8 aromatic rings. The standard InChI is InChI=1S/C51H36F8N2O9/c1-27-45(33-9-5-29(6-10-33)31-13-17-35(18-14-31)69-50(54,55)56)47(37-21-39(52)43(63-3)23-41(37)60-27)65-25-67-49(62)68-26-66-48-38-22-40(53)44(64-4)24-42(38)61-28(2)46(48)34-11-7-30(8-12-34)32-15-19-36(20-16-32)70-51(57,58)59/h5-24H,25-26H2,1-4H3. The van der Waals surface area contributed by atoms with Crippen LogP contribution in [0.2, 0.25) is 0 Å². The summed E-state index contributed by atoms with van der Waals surface area (Å²) in [6, 6.07) is 29.4. The van der Waals surface area contributed by atoms with E-state index >= 15 is 8.78 Å². The first kappa shape index (κ1) is 48.1. The average Bonchev–Trinajstić information content (AvgIpc) is 3.31. The second kappa shape index (κ2) is 19.7. The van der Waals surface area contributed by atoms with Crippen molar-refractivity contribution in [3.05, 3.63) is 144 Å². The zero-order valence-corrected chi connectivity index (χ0v) is 37.1. The van der Waals surface area contributed by atoms with Crippen molar-refractivity contribution >= 4 is 28.0 Å². The lowest BCUT2D eigenvalue weighted by Gasteiger charge is -2.18. The first-order valence-electron chi connectivity index (χ1n) is 20.7. The smallest absolute Gasteiger partial charge is 0.494 e. The van der Waals surface area contributed by atoms with E-state index in [2.05, 4.69) is 19.4 Å². The van der Waals surface area contributed by atoms with Gasteiger partial charge in [0.15, 0.2) is 23.1 Å². The first-order chi connectivity index (χ1) is 33.4. The van der Waals surface area contributed by atoms with Crippen molar-refractivity contribution in [2.45, 2.75) is 26.6 Å². The highest BCUT2D eigenvalue weighted by Crippen LogP contribution is 2.43. The normalized spacial score (nSPS) is 11.6. The average molecular weight is 973 g/mol. The van der Waals surface area contributed by atoms with E-state index in [9.17, 15) is 31.1 Å². The predicted octanol–water partition coefficient (Wildman–Crippen LogP) is 13.7. The van der Waals surface area contributed by atoms with Gasteiger partial charge in [0.25, 0.3) is 0 Å². The largest absolute Gasteiger partial charge is 0.573 e. The van der Waals surface area contributed by atoms with Gasteiger partial charge in [-0.3, -0.25) is 9.97 Å². The van der Waals surface area contributed by atoms with Crippen molar-refractivity contribution < 1.29 is 77.8 Å². The third-order valence-corrected chi connectivity index (χ3v) is 10.7. The number of rotatable bonds is 14. The fourth-order valence-electron chi connectivity index (χ4n) is 7.67. The maximum atomic E-state index is 15.2. The van der Waals surface area contributed by atoms with E-state index in [4.69, 9.17) is 28.4 Å². The molecule has 2 heterocycles. The Morgan fingerprint density at radius 1 is 0.486 bits per heavy atom. The van der Waals surface area contributed by atoms with E-state index in [1.54, 1.807) is 62.4 Å². The van der Waals surface area contributed by atoms with Crippen LogP contribution in [0, 0.1) is 25.5 Å². The molecule has 0 N–H and O–H groups in total. The predicted molar refractivity (Wildman–Crippen MR) is 240 cm³/mol. The van der Waals surface area contributed by atoms with Crippen LogP contribution in [-0.4, -0.2) is 56.7 Å². The highest BCUT2D eigenvalue weighted by molar-refractivity contribution is 5.96. The fourth-order valence-corrected chi connectivity index (χ4v) is 7.67. The van der Waals surface area contributed by atoms with E-state index in [-0.39, 0.29) is 56.3 Å². The van der Waals surface area contributed by atoms with Crippen LogP contribution in [0.5, 0.6) is 34.5 Å². The quantitative estimate of drug-likeness (QED) is 0.0589. The summed E-state index contributed by atoms with van der Waals surface area (Å²) >= 11 is 0. The molecule has 19 heteroatoms. The fraction of sp³-hybridized carbons (Fsp3) is 0.157. The number of fused-ring (bicyclic) bond motifs is 2. The minimum atomic E-state index is -4.84. The Kier molecular flexibility index (Phi) is 13.5. The number of alkyl halides is 6. The van der Waals surface area contributed by atoms with Crippen LogP contribution in [0.1, 0.15) is 11.4 Å². The molecule has 0 saturated heterocycles. The van der Waals surface area contributed by atoms with E-state index in [1.807, 2.05) is 0 Å². The van der Waals surface area contributed by atoms with Gasteiger partial charge in [-0.1, -0.05) is 72.8 Å². The number of benzene rings is 6. The van der Waals surface area contributed by atoms with Crippen LogP contribution in [0.3, 0.4) is 0 Å². The zero-order chi connectivity index (χ0) is 49.9. The number of ether oxygens (including phenoxy) is 8. The topological polar surface area (TPSA) is 117 Å². The number of aromatic nitrogens is 2. The zero-order valence-electron chi connectivity index (χ0n) is 37.1. The maximum absolute atomic E-state index is 15.2. The van der Waals surface area contributed by atoms with Crippen LogP contribution in [0.25, 0.3) is 66.3 Å². The first-order valence-corrected chi connectivity index (χ1v) is 20.7. The van der Waals surface area contributed by atoms with Crippen LogP contribution in [-0.2, 0) is 9.47 Å². The number of methoxy groups -OCH3 is 2. The van der Waals surface area contributed by atoms with E-state index in [1.165, 1.54) is 74.9 Å². The van der Waals surface area contributed by atoms with Gasteiger partial charge >= 0.3 is 18.9 Å². The number of hydrogen-bond donors (Lipinski definition) is 0. The van der Waals surface area contributed by atoms with Gasteiger partial charge in [-0.05, 0) is 83.6 Å². The monoisotopic (exact) mass is 972 g/mol. The summed E-state index contributed by atoms with van der Waals surface area (Å²) in [4.78, 5) is 22.4. The SMILES string of the molecule is COc1cc2nc(C)c(-c3ccc(-c4ccc(OC(F)(F)F)cc4)cc3)c(OCOC(=O)OCOc3c(-c4ccc(-c5ccc(OC(F)(F)F)cc5)cc4)c(C)nc4cc(OC)c(F)cc34)c2cc1F. The molecule has 2 aromatic heterocycles. The Balaban J connectivity index is 1.01. The molecule has 0 spiro atoms. The van der Waals surface area contributed by atoms with Gasteiger partial charge in [-0.15, -0.1) is 26.3 Å². The molecule has 0 fully saturated rings. The van der Waals surface area contributed by atoms with Crippen LogP contribution in [0.15, 0.2) is 121 Å². The minimum Gasteiger partial charge on any atom is -0.494 e. The molecule has 0 aliphatic heterocycles. The van der Waals surface area contributed by atoms with E-state index in [0.717, 1.165) is 12.1 Å². The Bertz CT molecular complexity index is 2990. The van der Waals surface area contributed by atoms with Crippen molar-refractivity contribution in [1.29, 1.82) is 0 Å². The molecule has 0 atom stereocenters. The molecule has 11 nitrogen and oxygen atoms in total. The number of aryl methyl sites for hydroxylation is 2. The molecule has 0 radical (unpaired) electrons. The summed E-state index contributed by atoms with van der Waals surface area (Å²) in [6.07, 6.45) is -10.9. The Hall–Kier alpha value is -8.35. The Labute approximate surface area is 392 Å². The summed E-state index contributed by atoms with van der Waals surface area (Å²) in [6.45, 7) is 1.87. The van der Waals surface area contributed by atoms with Crippen molar-refractivity contribution in [2.75, 3.05) is 27.8 Å². The lowest BCUT2D eigenvalue weighted by molar-refractivity contribution is -0.275. The molecule has 360 valence electrons. The molecule has 0 unspecified atom stereocenters. The van der Waals surface area contributed by atoms with Gasteiger partial charge < -0.3 is 37.9 Å². The summed E-state index contributed by atoms with van der Waals surface area (Å²) < 4.78 is 148. The van der Waals surface area contributed by atoms with Gasteiger partial charge in [0, 0.05) is 45.4 Å². The second-order valence-electron chi connectivity index (χ2n) is 15.2. The van der Waals surface area contributed by atoms with E-state index < -0.39 is 44.1 Å². The van der Waals surface area contributed by atoms with Gasteiger partial charge in [0.1, 0.15) is 23.0 Å². The number of nitrogens with zero attached hydrogens (tertiary/aromatic N) is 2. The summed E-state index contributed by atoms with van der Waals surface area (Å²) in [5, 5.41) is 0.391. The van der Waals surface area contributed by atoms with E-state index in [0.29, 0.717) is 55.9 Å². The molecular weight excluding hydrogens is 937 g/mol. The lowest BCUT2D eigenvalue weighted by Crippen LogP contribution is -2.16. The third kappa shape index (κ3) is 10.8. The summed E-state index contributed by atoms with van der Waals surface area (Å²) in [7, 11) is 2.59. The van der Waals surface area contributed by atoms with Gasteiger partial charge in [-0.2, -0.15) is 0 Å². The molecule has 0 amide bonds. The molecule has 8 rings (SSSR count). The van der Waals surface area contributed by atoms with Gasteiger partial charge in [0.2, 0.25) is 13.6 Å². The van der Waals surface area contributed by atoms with Gasteiger partial charge in [-0.25, -0.2) is 13.6 Å². The number of pyridine rings is 2. The maximum Gasteiger partial charge on any atom is 0.573 e. The Morgan fingerprint density at radius 2 is 0.800 bits per heavy atom. The number of halogens is 8. The van der Waals surface area contributed by atoms with Crippen molar-refractivity contribution in [2.24, 2.45) is 0 Å². The molecule has 0 bridgehead atoms. The highest BCUT2D eigenvalue weighted by atomic mass is 19.4. The second-order valence-corrected chi connectivity index (χ2v) is 15.2. The van der Waals surface area contributed by atoms with Crippen LogP contribution >= 0.6 is 0 Å². The molecular formula is C51H36F8N2O9. The highest BCUT2D eigenvalue weighted by Gasteiger charge is 2.32. The van der Waals surface area contributed by atoms with Crippen molar-refractivity contribution in [3.63, 3.8) is 0 Å². The van der Waals surface area contributed by atoms with Gasteiger partial charge in [0.05, 0.1) is 25.3 Å². The van der Waals surface area contributed by atoms with Crippen LogP contribution < -0.4 is 28.4 Å². The number of carbonyl (C=O) groups excluding carboxylic acids is 1.